The molecule has 1 atom stereocenters. The third-order valence-electron chi connectivity index (χ3n) is 5.51. The minimum Gasteiger partial charge on any atom is -0.306 e. The van der Waals surface area contributed by atoms with Crippen LogP contribution in [0.2, 0.25) is 0 Å². The van der Waals surface area contributed by atoms with Crippen molar-refractivity contribution in [1.29, 1.82) is 0 Å². The molecule has 0 saturated heterocycles. The summed E-state index contributed by atoms with van der Waals surface area (Å²) >= 11 is 0. The molecule has 0 radical (unpaired) electrons. The Hall–Kier alpha value is 0.0700. The lowest BCUT2D eigenvalue weighted by molar-refractivity contribution is 0.251. The lowest BCUT2D eigenvalue weighted by atomic mass is 9.99. The molecule has 0 aliphatic carbocycles. The Morgan fingerprint density at radius 1 is 0.586 bits per heavy atom. The van der Waals surface area contributed by atoms with Crippen molar-refractivity contribution in [3.8, 4) is 0 Å². The first-order valence-electron chi connectivity index (χ1n) is 12.2. The van der Waals surface area contributed by atoms with Crippen molar-refractivity contribution in [2.24, 2.45) is 0 Å². The Morgan fingerprint density at radius 3 is 1.07 bits per heavy atom. The van der Waals surface area contributed by atoms with Gasteiger partial charge in [-0.2, -0.15) is 0 Å². The molecule has 0 bridgehead atoms. The van der Waals surface area contributed by atoms with E-state index in [0.717, 1.165) is 6.04 Å². The van der Waals surface area contributed by atoms with Crippen LogP contribution in [-0.4, -0.2) is 39.7 Å². The highest BCUT2D eigenvalue weighted by Gasteiger charge is 2.10. The molecule has 29 heavy (non-hydrogen) atoms. The Labute approximate surface area is 181 Å². The van der Waals surface area contributed by atoms with Crippen molar-refractivity contribution in [3.05, 3.63) is 0 Å². The average molecular weight is 438 g/mol. The van der Waals surface area contributed by atoms with E-state index in [-0.39, 0.29) is 0 Å². The van der Waals surface area contributed by atoms with Gasteiger partial charge in [0.05, 0.1) is 0 Å². The summed E-state index contributed by atoms with van der Waals surface area (Å²) in [6, 6.07) is 0.824. The van der Waals surface area contributed by atoms with E-state index in [1.807, 2.05) is 0 Å². The predicted octanol–water partition coefficient (Wildman–Crippen LogP) is 7.05. The molecule has 0 saturated carbocycles. The van der Waals surface area contributed by atoms with Crippen LogP contribution in [0.3, 0.4) is 0 Å². The fourth-order valence-corrected chi connectivity index (χ4v) is 3.69. The maximum Gasteiger partial charge on any atom is 0.466 e. The summed E-state index contributed by atoms with van der Waals surface area (Å²) in [5.74, 6) is 0. The van der Waals surface area contributed by atoms with Gasteiger partial charge in [-0.1, -0.05) is 117 Å². The van der Waals surface area contributed by atoms with Gasteiger partial charge in [0.15, 0.2) is 0 Å². The Kier molecular flexibility index (Phi) is 24.5. The molecular formula is C23H52NO4P. The second-order valence-electron chi connectivity index (χ2n) is 8.66. The third kappa shape index (κ3) is 32.9. The largest absolute Gasteiger partial charge is 0.466 e. The van der Waals surface area contributed by atoms with Gasteiger partial charge in [0.1, 0.15) is 0 Å². The van der Waals surface area contributed by atoms with Gasteiger partial charge in [-0.25, -0.2) is 4.57 Å². The van der Waals surface area contributed by atoms with Gasteiger partial charge in [0, 0.05) is 6.04 Å². The van der Waals surface area contributed by atoms with E-state index in [4.69, 9.17) is 19.2 Å². The summed E-state index contributed by atoms with van der Waals surface area (Å²) in [7, 11) is -0.0872. The van der Waals surface area contributed by atoms with Gasteiger partial charge in [-0.05, 0) is 26.9 Å². The summed E-state index contributed by atoms with van der Waals surface area (Å²) in [4.78, 5) is 24.0. The van der Waals surface area contributed by atoms with Gasteiger partial charge in [0.2, 0.25) is 0 Å². The molecule has 0 aliphatic rings. The second kappa shape index (κ2) is 22.7. The second-order valence-corrected chi connectivity index (χ2v) is 9.68. The number of phosphoric acid groups is 1. The van der Waals surface area contributed by atoms with Crippen LogP contribution in [0.4, 0.5) is 0 Å². The quantitative estimate of drug-likeness (QED) is 0.149. The fraction of sp³-hybridized carbons (Fsp3) is 1.00. The lowest BCUT2D eigenvalue weighted by Crippen LogP contribution is -2.27. The highest BCUT2D eigenvalue weighted by Crippen LogP contribution is 2.25. The molecule has 0 amide bonds. The molecule has 5 nitrogen and oxygen atoms in total. The first-order chi connectivity index (χ1) is 13.7. The molecule has 0 fully saturated rings. The maximum absolute atomic E-state index is 8.88. The number of rotatable bonds is 19. The summed E-state index contributed by atoms with van der Waals surface area (Å²) in [5.41, 5.74) is 0. The van der Waals surface area contributed by atoms with Crippen molar-refractivity contribution in [3.63, 3.8) is 0 Å². The van der Waals surface area contributed by atoms with Crippen LogP contribution in [0, 0.1) is 0 Å². The highest BCUT2D eigenvalue weighted by atomic mass is 31.2. The molecule has 1 unspecified atom stereocenters. The molecule has 0 spiro atoms. The van der Waals surface area contributed by atoms with E-state index in [1.165, 1.54) is 116 Å². The number of hydrogen-bond donors (Lipinski definition) is 3. The predicted molar refractivity (Wildman–Crippen MR) is 126 cm³/mol. The zero-order chi connectivity index (χ0) is 22.4. The van der Waals surface area contributed by atoms with Gasteiger partial charge in [-0.15, -0.1) is 0 Å². The molecule has 3 N–H and O–H groups in total. The number of hydrogen-bond acceptors (Lipinski definition) is 2. The molecule has 0 aromatic heterocycles. The van der Waals surface area contributed by atoms with Gasteiger partial charge < -0.3 is 19.6 Å². The number of nitrogens with zero attached hydrogens (tertiary/aromatic N) is 1. The Bertz CT molecular complexity index is 353. The molecule has 6 heteroatoms. The van der Waals surface area contributed by atoms with Gasteiger partial charge in [0.25, 0.3) is 0 Å². The maximum atomic E-state index is 8.88. The van der Waals surface area contributed by atoms with Gasteiger partial charge in [-0.3, -0.25) is 0 Å². The van der Waals surface area contributed by atoms with Crippen LogP contribution in [0.1, 0.15) is 129 Å². The zero-order valence-electron chi connectivity index (χ0n) is 19.9. The topological polar surface area (TPSA) is 81.0 Å². The summed E-state index contributed by atoms with van der Waals surface area (Å²) < 4.78 is 8.88. The van der Waals surface area contributed by atoms with E-state index in [9.17, 15) is 0 Å². The Balaban J connectivity index is 0. The number of unbranched alkanes of at least 4 members (excludes halogenated alkanes) is 14. The van der Waals surface area contributed by atoms with E-state index < -0.39 is 7.82 Å². The SMILES string of the molecule is CCCCCCCCCCCCC(CCCCCCCC)N(C)C.O=P(O)(O)O. The van der Waals surface area contributed by atoms with Crippen LogP contribution in [0.25, 0.3) is 0 Å². The highest BCUT2D eigenvalue weighted by molar-refractivity contribution is 7.45. The summed E-state index contributed by atoms with van der Waals surface area (Å²) in [6.07, 6.45) is 25.9. The van der Waals surface area contributed by atoms with E-state index in [1.54, 1.807) is 0 Å². The first-order valence-corrected chi connectivity index (χ1v) is 13.7. The van der Waals surface area contributed by atoms with Gasteiger partial charge >= 0.3 is 7.82 Å². The van der Waals surface area contributed by atoms with E-state index >= 15 is 0 Å². The van der Waals surface area contributed by atoms with Crippen LogP contribution >= 0.6 is 7.82 Å². The molecule has 0 rings (SSSR count). The van der Waals surface area contributed by atoms with Crippen molar-refractivity contribution < 1.29 is 19.2 Å². The minimum absolute atomic E-state index is 0.824. The van der Waals surface area contributed by atoms with Crippen LogP contribution < -0.4 is 0 Å². The van der Waals surface area contributed by atoms with Crippen LogP contribution in [-0.2, 0) is 4.57 Å². The first kappa shape index (κ1) is 31.3. The molecule has 0 aromatic carbocycles. The Morgan fingerprint density at radius 2 is 0.828 bits per heavy atom. The third-order valence-corrected chi connectivity index (χ3v) is 5.51. The monoisotopic (exact) mass is 437 g/mol. The molecular weight excluding hydrogens is 385 g/mol. The average Bonchev–Trinajstić information content (AvgIpc) is 2.62. The van der Waals surface area contributed by atoms with E-state index in [2.05, 4.69) is 32.8 Å². The van der Waals surface area contributed by atoms with Crippen molar-refractivity contribution in [2.45, 2.75) is 135 Å². The summed E-state index contributed by atoms with van der Waals surface area (Å²) in [5, 5.41) is 0. The normalized spacial score (nSPS) is 12.7. The fourth-order valence-electron chi connectivity index (χ4n) is 3.69. The smallest absolute Gasteiger partial charge is 0.306 e. The molecule has 0 aliphatic heterocycles. The van der Waals surface area contributed by atoms with Crippen molar-refractivity contribution in [1.82, 2.24) is 4.90 Å². The van der Waals surface area contributed by atoms with E-state index in [0.29, 0.717) is 0 Å². The van der Waals surface area contributed by atoms with Crippen LogP contribution in [0.15, 0.2) is 0 Å². The summed E-state index contributed by atoms with van der Waals surface area (Å²) in [6.45, 7) is 4.60. The minimum atomic E-state index is -4.64. The van der Waals surface area contributed by atoms with Crippen molar-refractivity contribution in [2.75, 3.05) is 14.1 Å². The zero-order valence-corrected chi connectivity index (χ0v) is 20.8. The molecule has 0 heterocycles. The molecule has 0 aromatic rings. The lowest BCUT2D eigenvalue weighted by Gasteiger charge is -2.24. The molecule has 178 valence electrons. The standard InChI is InChI=1S/C23H49N.H3O4P/c1-5-7-9-11-13-14-15-16-18-20-22-23(24(3)4)21-19-17-12-10-8-6-2;1-5(2,3)4/h23H,5-22H2,1-4H3;(H3,1,2,3,4). The van der Waals surface area contributed by atoms with Crippen molar-refractivity contribution >= 4 is 7.82 Å². The van der Waals surface area contributed by atoms with Crippen LogP contribution in [0.5, 0.6) is 0 Å².